The molecule has 0 aliphatic carbocycles. The Morgan fingerprint density at radius 3 is 2.50 bits per heavy atom. The second kappa shape index (κ2) is 4.72. The van der Waals surface area contributed by atoms with Gasteiger partial charge in [-0.15, -0.1) is 0 Å². The fraction of sp³-hybridized carbons (Fsp3) is 0.500. The number of aliphatic hydroxyl groups excluding tert-OH is 1. The summed E-state index contributed by atoms with van der Waals surface area (Å²) in [4.78, 5) is 2.18. The largest absolute Gasteiger partial charge is 0.493 e. The van der Waals surface area contributed by atoms with E-state index in [2.05, 4.69) is 4.90 Å². The molecular weight excluding hydrogens is 206 g/mol. The lowest BCUT2D eigenvalue weighted by molar-refractivity contribution is 0.156. The van der Waals surface area contributed by atoms with E-state index in [4.69, 9.17) is 9.47 Å². The normalized spacial score (nSPS) is 16.9. The second-order valence-corrected chi connectivity index (χ2v) is 3.93. The Labute approximate surface area is 95.4 Å². The highest BCUT2D eigenvalue weighted by Crippen LogP contribution is 2.30. The predicted octanol–water partition coefficient (Wildman–Crippen LogP) is 1.05. The number of ether oxygens (including phenoxy) is 2. The summed E-state index contributed by atoms with van der Waals surface area (Å²) in [6.07, 6.45) is -0.456. The highest BCUT2D eigenvalue weighted by Gasteiger charge is 2.22. The van der Waals surface area contributed by atoms with Crippen LogP contribution >= 0.6 is 0 Å². The molecule has 88 valence electrons. The zero-order valence-corrected chi connectivity index (χ0v) is 9.64. The summed E-state index contributed by atoms with van der Waals surface area (Å²) in [5, 5.41) is 9.98. The molecule has 1 heterocycles. The molecule has 1 aromatic carbocycles. The van der Waals surface area contributed by atoms with Crippen LogP contribution in [0, 0.1) is 0 Å². The number of β-amino-alcohol motifs (C(OH)–C–C–N with tert-alkyl or cyclic N) is 1. The van der Waals surface area contributed by atoms with E-state index < -0.39 is 6.10 Å². The van der Waals surface area contributed by atoms with Crippen molar-refractivity contribution in [2.24, 2.45) is 0 Å². The predicted molar refractivity (Wildman–Crippen MR) is 60.9 cm³/mol. The van der Waals surface area contributed by atoms with Crippen molar-refractivity contribution >= 4 is 0 Å². The highest BCUT2D eigenvalue weighted by molar-refractivity contribution is 5.43. The molecule has 1 N–H and O–H groups in total. The Hall–Kier alpha value is -1.26. The minimum absolute atomic E-state index is 0.456. The van der Waals surface area contributed by atoms with Crippen molar-refractivity contribution in [2.75, 3.05) is 33.9 Å². The molecule has 16 heavy (non-hydrogen) atoms. The van der Waals surface area contributed by atoms with Gasteiger partial charge in [-0.1, -0.05) is 6.07 Å². The maximum Gasteiger partial charge on any atom is 0.161 e. The van der Waals surface area contributed by atoms with Crippen LogP contribution in [0.5, 0.6) is 11.5 Å². The maximum absolute atomic E-state index is 9.98. The third-order valence-corrected chi connectivity index (χ3v) is 2.76. The second-order valence-electron chi connectivity index (χ2n) is 3.93. The third kappa shape index (κ3) is 2.46. The van der Waals surface area contributed by atoms with E-state index >= 15 is 0 Å². The van der Waals surface area contributed by atoms with Gasteiger partial charge in [0.05, 0.1) is 20.3 Å². The van der Waals surface area contributed by atoms with E-state index in [0.717, 1.165) is 18.7 Å². The first-order valence-electron chi connectivity index (χ1n) is 5.37. The van der Waals surface area contributed by atoms with Crippen molar-refractivity contribution in [2.45, 2.75) is 6.10 Å². The third-order valence-electron chi connectivity index (χ3n) is 2.76. The van der Waals surface area contributed by atoms with Crippen LogP contribution in [-0.2, 0) is 0 Å². The number of methoxy groups -OCH3 is 2. The lowest BCUT2D eigenvalue weighted by Crippen LogP contribution is -2.11. The summed E-state index contributed by atoms with van der Waals surface area (Å²) in [6.45, 7) is 2.87. The molecule has 1 atom stereocenters. The lowest BCUT2D eigenvalue weighted by Gasteiger charge is -2.14. The SMILES string of the molecule is COc1ccc(C(O)CN2CC2)cc1OC. The van der Waals surface area contributed by atoms with E-state index in [1.165, 1.54) is 0 Å². The summed E-state index contributed by atoms with van der Waals surface area (Å²) >= 11 is 0. The molecular formula is C12H17NO3. The topological polar surface area (TPSA) is 41.7 Å². The van der Waals surface area contributed by atoms with Gasteiger partial charge >= 0.3 is 0 Å². The Kier molecular flexibility index (Phi) is 3.31. The zero-order chi connectivity index (χ0) is 11.5. The fourth-order valence-electron chi connectivity index (χ4n) is 1.66. The van der Waals surface area contributed by atoms with E-state index in [1.54, 1.807) is 14.2 Å². The first-order valence-corrected chi connectivity index (χ1v) is 5.37. The van der Waals surface area contributed by atoms with E-state index in [1.807, 2.05) is 18.2 Å². The van der Waals surface area contributed by atoms with Gasteiger partial charge in [0, 0.05) is 19.6 Å². The van der Waals surface area contributed by atoms with Crippen molar-refractivity contribution in [3.05, 3.63) is 23.8 Å². The molecule has 0 amide bonds. The van der Waals surface area contributed by atoms with Crippen molar-refractivity contribution < 1.29 is 14.6 Å². The van der Waals surface area contributed by atoms with Crippen LogP contribution in [0.2, 0.25) is 0 Å². The molecule has 1 aromatic rings. The number of benzene rings is 1. The maximum atomic E-state index is 9.98. The monoisotopic (exact) mass is 223 g/mol. The molecule has 0 bridgehead atoms. The molecule has 4 nitrogen and oxygen atoms in total. The average molecular weight is 223 g/mol. The summed E-state index contributed by atoms with van der Waals surface area (Å²) in [6, 6.07) is 5.52. The number of aliphatic hydroxyl groups is 1. The van der Waals surface area contributed by atoms with Crippen molar-refractivity contribution in [1.29, 1.82) is 0 Å². The fourth-order valence-corrected chi connectivity index (χ4v) is 1.66. The zero-order valence-electron chi connectivity index (χ0n) is 9.64. The molecule has 1 saturated heterocycles. The van der Waals surface area contributed by atoms with Crippen LogP contribution in [0.4, 0.5) is 0 Å². The lowest BCUT2D eigenvalue weighted by atomic mass is 10.1. The first kappa shape index (κ1) is 11.2. The van der Waals surface area contributed by atoms with E-state index in [9.17, 15) is 5.11 Å². The molecule has 2 rings (SSSR count). The van der Waals surface area contributed by atoms with Gasteiger partial charge in [0.25, 0.3) is 0 Å². The molecule has 0 spiro atoms. The number of nitrogens with zero attached hydrogens (tertiary/aromatic N) is 1. The highest BCUT2D eigenvalue weighted by atomic mass is 16.5. The van der Waals surface area contributed by atoms with Crippen LogP contribution in [-0.4, -0.2) is 43.9 Å². The minimum Gasteiger partial charge on any atom is -0.493 e. The van der Waals surface area contributed by atoms with Crippen LogP contribution in [0.1, 0.15) is 11.7 Å². The summed E-state index contributed by atoms with van der Waals surface area (Å²) in [7, 11) is 3.20. The molecule has 0 saturated carbocycles. The standard InChI is InChI=1S/C12H17NO3/c1-15-11-4-3-9(7-12(11)16-2)10(14)8-13-5-6-13/h3-4,7,10,14H,5-6,8H2,1-2H3. The Morgan fingerprint density at radius 1 is 1.25 bits per heavy atom. The van der Waals surface area contributed by atoms with Crippen molar-refractivity contribution in [3.8, 4) is 11.5 Å². The summed E-state index contributed by atoms with van der Waals surface area (Å²) < 4.78 is 10.3. The van der Waals surface area contributed by atoms with Gasteiger partial charge in [0.2, 0.25) is 0 Å². The Bertz CT molecular complexity index is 363. The number of hydrogen-bond donors (Lipinski definition) is 1. The molecule has 4 heteroatoms. The quantitative estimate of drug-likeness (QED) is 0.758. The molecule has 0 radical (unpaired) electrons. The van der Waals surface area contributed by atoms with Gasteiger partial charge in [-0.05, 0) is 17.7 Å². The smallest absolute Gasteiger partial charge is 0.161 e. The van der Waals surface area contributed by atoms with Crippen LogP contribution in [0.25, 0.3) is 0 Å². The van der Waals surface area contributed by atoms with Crippen LogP contribution < -0.4 is 9.47 Å². The molecule has 1 aliphatic rings. The molecule has 1 unspecified atom stereocenters. The van der Waals surface area contributed by atoms with E-state index in [0.29, 0.717) is 18.0 Å². The van der Waals surface area contributed by atoms with Gasteiger partial charge in [0.15, 0.2) is 11.5 Å². The minimum atomic E-state index is -0.456. The van der Waals surface area contributed by atoms with E-state index in [-0.39, 0.29) is 0 Å². The average Bonchev–Trinajstić information content (AvgIpc) is 3.11. The number of rotatable bonds is 5. The van der Waals surface area contributed by atoms with Crippen LogP contribution in [0.15, 0.2) is 18.2 Å². The Morgan fingerprint density at radius 2 is 1.94 bits per heavy atom. The number of hydrogen-bond acceptors (Lipinski definition) is 4. The van der Waals surface area contributed by atoms with Gasteiger partial charge < -0.3 is 14.6 Å². The van der Waals surface area contributed by atoms with Crippen LogP contribution in [0.3, 0.4) is 0 Å². The molecule has 1 aliphatic heterocycles. The Balaban J connectivity index is 2.13. The molecule has 0 aromatic heterocycles. The van der Waals surface area contributed by atoms with Crippen molar-refractivity contribution in [3.63, 3.8) is 0 Å². The van der Waals surface area contributed by atoms with Gasteiger partial charge in [-0.3, -0.25) is 4.90 Å². The first-order chi connectivity index (χ1) is 7.74. The molecule has 1 fully saturated rings. The van der Waals surface area contributed by atoms with Gasteiger partial charge in [-0.2, -0.15) is 0 Å². The van der Waals surface area contributed by atoms with Crippen molar-refractivity contribution in [1.82, 2.24) is 4.90 Å². The summed E-state index contributed by atoms with van der Waals surface area (Å²) in [5.74, 6) is 1.34. The van der Waals surface area contributed by atoms with Gasteiger partial charge in [-0.25, -0.2) is 0 Å². The van der Waals surface area contributed by atoms with Gasteiger partial charge in [0.1, 0.15) is 0 Å². The summed E-state index contributed by atoms with van der Waals surface area (Å²) in [5.41, 5.74) is 0.865.